The summed E-state index contributed by atoms with van der Waals surface area (Å²) in [6.07, 6.45) is 1.51. The quantitative estimate of drug-likeness (QED) is 0.480. The number of hydrogen-bond donors (Lipinski definition) is 2. The van der Waals surface area contributed by atoms with Crippen molar-refractivity contribution in [2.24, 2.45) is 11.7 Å². The number of amides is 1. The molecule has 5 nitrogen and oxygen atoms in total. The first-order valence-electron chi connectivity index (χ1n) is 6.15. The SMILES string of the molecule is COC(=O)C(N)CCSCC(=O)NCCC(C)C. The Kier molecular flexibility index (Phi) is 9.77. The highest BCUT2D eigenvalue weighted by Gasteiger charge is 2.13. The smallest absolute Gasteiger partial charge is 0.322 e. The number of methoxy groups -OCH3 is 1. The van der Waals surface area contributed by atoms with Crippen LogP contribution in [-0.2, 0) is 14.3 Å². The van der Waals surface area contributed by atoms with Gasteiger partial charge in [-0.2, -0.15) is 11.8 Å². The predicted molar refractivity (Wildman–Crippen MR) is 74.4 cm³/mol. The first-order chi connectivity index (χ1) is 8.47. The normalized spacial score (nSPS) is 12.3. The summed E-state index contributed by atoms with van der Waals surface area (Å²) < 4.78 is 4.51. The Morgan fingerprint density at radius 2 is 2.00 bits per heavy atom. The van der Waals surface area contributed by atoms with Crippen molar-refractivity contribution in [2.45, 2.75) is 32.7 Å². The molecule has 0 saturated carbocycles. The Morgan fingerprint density at radius 3 is 2.56 bits per heavy atom. The molecule has 1 unspecified atom stereocenters. The summed E-state index contributed by atoms with van der Waals surface area (Å²) in [5, 5.41) is 2.85. The minimum Gasteiger partial charge on any atom is -0.468 e. The summed E-state index contributed by atoms with van der Waals surface area (Å²) in [7, 11) is 1.32. The van der Waals surface area contributed by atoms with Gasteiger partial charge < -0.3 is 15.8 Å². The molecule has 0 heterocycles. The van der Waals surface area contributed by atoms with Crippen molar-refractivity contribution in [3.63, 3.8) is 0 Å². The van der Waals surface area contributed by atoms with Crippen molar-refractivity contribution in [1.82, 2.24) is 5.32 Å². The number of ether oxygens (including phenoxy) is 1. The van der Waals surface area contributed by atoms with E-state index in [4.69, 9.17) is 5.73 Å². The van der Waals surface area contributed by atoms with Gasteiger partial charge in [0.1, 0.15) is 6.04 Å². The average Bonchev–Trinajstić information content (AvgIpc) is 2.32. The van der Waals surface area contributed by atoms with Crippen LogP contribution in [0.1, 0.15) is 26.7 Å². The molecule has 0 aromatic heterocycles. The van der Waals surface area contributed by atoms with Crippen LogP contribution in [0.4, 0.5) is 0 Å². The van der Waals surface area contributed by atoms with Crippen molar-refractivity contribution in [1.29, 1.82) is 0 Å². The molecule has 106 valence electrons. The summed E-state index contributed by atoms with van der Waals surface area (Å²) >= 11 is 1.48. The Hall–Kier alpha value is -0.750. The Bertz CT molecular complexity index is 260. The lowest BCUT2D eigenvalue weighted by molar-refractivity contribution is -0.142. The van der Waals surface area contributed by atoms with Crippen molar-refractivity contribution in [3.8, 4) is 0 Å². The van der Waals surface area contributed by atoms with Crippen LogP contribution in [0.2, 0.25) is 0 Å². The van der Waals surface area contributed by atoms with Crippen LogP contribution in [0.3, 0.4) is 0 Å². The molecule has 0 aliphatic carbocycles. The van der Waals surface area contributed by atoms with E-state index >= 15 is 0 Å². The highest BCUT2D eigenvalue weighted by molar-refractivity contribution is 7.99. The van der Waals surface area contributed by atoms with E-state index in [1.165, 1.54) is 18.9 Å². The summed E-state index contributed by atoms with van der Waals surface area (Å²) in [6, 6.07) is -0.591. The Labute approximate surface area is 113 Å². The molecule has 0 aromatic carbocycles. The van der Waals surface area contributed by atoms with Crippen LogP contribution in [0, 0.1) is 5.92 Å². The van der Waals surface area contributed by atoms with Crippen LogP contribution in [0.25, 0.3) is 0 Å². The zero-order chi connectivity index (χ0) is 14.0. The molecule has 0 aromatic rings. The first kappa shape index (κ1) is 17.2. The van der Waals surface area contributed by atoms with E-state index < -0.39 is 12.0 Å². The highest BCUT2D eigenvalue weighted by Crippen LogP contribution is 2.05. The molecule has 1 amide bonds. The summed E-state index contributed by atoms with van der Waals surface area (Å²) in [4.78, 5) is 22.4. The van der Waals surface area contributed by atoms with Gasteiger partial charge in [-0.15, -0.1) is 0 Å². The number of rotatable bonds is 9. The number of nitrogens with two attached hydrogens (primary N) is 1. The topological polar surface area (TPSA) is 81.4 Å². The second-order valence-corrected chi connectivity index (χ2v) is 5.61. The van der Waals surface area contributed by atoms with Gasteiger partial charge in [0.25, 0.3) is 0 Å². The predicted octanol–water partition coefficient (Wildman–Crippen LogP) is 0.772. The van der Waals surface area contributed by atoms with Crippen molar-refractivity contribution in [3.05, 3.63) is 0 Å². The first-order valence-corrected chi connectivity index (χ1v) is 7.30. The van der Waals surface area contributed by atoms with E-state index in [2.05, 4.69) is 23.9 Å². The third-order valence-electron chi connectivity index (χ3n) is 2.35. The number of esters is 1. The van der Waals surface area contributed by atoms with Crippen molar-refractivity contribution in [2.75, 3.05) is 25.2 Å². The third-order valence-corrected chi connectivity index (χ3v) is 3.34. The van der Waals surface area contributed by atoms with Crippen LogP contribution >= 0.6 is 11.8 Å². The van der Waals surface area contributed by atoms with Crippen molar-refractivity contribution < 1.29 is 14.3 Å². The maximum absolute atomic E-state index is 11.4. The van der Waals surface area contributed by atoms with Gasteiger partial charge in [-0.1, -0.05) is 13.8 Å². The Balaban J connectivity index is 3.48. The third kappa shape index (κ3) is 9.30. The van der Waals surface area contributed by atoms with Gasteiger partial charge in [-0.05, 0) is 24.5 Å². The molecule has 0 saturated heterocycles. The molecule has 0 fully saturated rings. The molecule has 18 heavy (non-hydrogen) atoms. The summed E-state index contributed by atoms with van der Waals surface area (Å²) in [5.41, 5.74) is 5.57. The molecular weight excluding hydrogens is 252 g/mol. The second kappa shape index (κ2) is 10.2. The van der Waals surface area contributed by atoms with Gasteiger partial charge in [-0.25, -0.2) is 0 Å². The lowest BCUT2D eigenvalue weighted by Crippen LogP contribution is -2.32. The summed E-state index contributed by atoms with van der Waals surface area (Å²) in [5.74, 6) is 1.31. The molecule has 0 aliphatic rings. The van der Waals surface area contributed by atoms with Gasteiger partial charge in [0.05, 0.1) is 12.9 Å². The molecule has 0 rings (SSSR count). The van der Waals surface area contributed by atoms with Crippen LogP contribution in [0.15, 0.2) is 0 Å². The van der Waals surface area contributed by atoms with Crippen molar-refractivity contribution >= 4 is 23.6 Å². The Morgan fingerprint density at radius 1 is 1.33 bits per heavy atom. The standard InChI is InChI=1S/C12H24N2O3S/c1-9(2)4-6-14-11(15)8-18-7-5-10(13)12(16)17-3/h9-10H,4-8,13H2,1-3H3,(H,14,15). The van der Waals surface area contributed by atoms with E-state index in [0.717, 1.165) is 13.0 Å². The molecule has 0 bridgehead atoms. The maximum Gasteiger partial charge on any atom is 0.322 e. The average molecular weight is 276 g/mol. The monoisotopic (exact) mass is 276 g/mol. The van der Waals surface area contributed by atoms with Gasteiger partial charge >= 0.3 is 5.97 Å². The van der Waals surface area contributed by atoms with Crippen LogP contribution in [0.5, 0.6) is 0 Å². The summed E-state index contributed by atoms with van der Waals surface area (Å²) in [6.45, 7) is 4.96. The lowest BCUT2D eigenvalue weighted by atomic mass is 10.1. The lowest BCUT2D eigenvalue weighted by Gasteiger charge is -2.09. The molecule has 0 radical (unpaired) electrons. The maximum atomic E-state index is 11.4. The zero-order valence-electron chi connectivity index (χ0n) is 11.4. The van der Waals surface area contributed by atoms with E-state index in [1.54, 1.807) is 0 Å². The molecule has 0 spiro atoms. The molecule has 3 N–H and O–H groups in total. The molecule has 6 heteroatoms. The minimum absolute atomic E-state index is 0.0345. The number of nitrogens with one attached hydrogen (secondary N) is 1. The number of carbonyl (C=O) groups is 2. The van der Waals surface area contributed by atoms with Gasteiger partial charge in [0.2, 0.25) is 5.91 Å². The van der Waals surface area contributed by atoms with Gasteiger partial charge in [0, 0.05) is 6.54 Å². The van der Waals surface area contributed by atoms with E-state index in [9.17, 15) is 9.59 Å². The largest absolute Gasteiger partial charge is 0.468 e. The fourth-order valence-electron chi connectivity index (χ4n) is 1.20. The van der Waals surface area contributed by atoms with Crippen LogP contribution in [-0.4, -0.2) is 43.1 Å². The number of thioether (sulfide) groups is 1. The second-order valence-electron chi connectivity index (χ2n) is 4.50. The fourth-order valence-corrected chi connectivity index (χ4v) is 2.05. The number of carbonyl (C=O) groups excluding carboxylic acids is 2. The number of hydrogen-bond acceptors (Lipinski definition) is 5. The molecule has 0 aliphatic heterocycles. The van der Waals surface area contributed by atoms with E-state index in [0.29, 0.717) is 23.8 Å². The van der Waals surface area contributed by atoms with E-state index in [1.807, 2.05) is 0 Å². The van der Waals surface area contributed by atoms with Crippen LogP contribution < -0.4 is 11.1 Å². The van der Waals surface area contributed by atoms with Gasteiger partial charge in [-0.3, -0.25) is 9.59 Å². The van der Waals surface area contributed by atoms with Gasteiger partial charge in [0.15, 0.2) is 0 Å². The van der Waals surface area contributed by atoms with E-state index in [-0.39, 0.29) is 5.91 Å². The molecular formula is C12H24N2O3S. The zero-order valence-corrected chi connectivity index (χ0v) is 12.2. The minimum atomic E-state index is -0.591. The molecule has 1 atom stereocenters. The highest BCUT2D eigenvalue weighted by atomic mass is 32.2. The fraction of sp³-hybridized carbons (Fsp3) is 0.833.